The summed E-state index contributed by atoms with van der Waals surface area (Å²) < 4.78 is 27.6. The zero-order chi connectivity index (χ0) is 10.3. The van der Waals surface area contributed by atoms with Crippen molar-refractivity contribution in [2.75, 3.05) is 0 Å². The van der Waals surface area contributed by atoms with Gasteiger partial charge in [0.2, 0.25) is 0 Å². The Morgan fingerprint density at radius 3 is 2.15 bits per heavy atom. The van der Waals surface area contributed by atoms with Crippen LogP contribution in [0.2, 0.25) is 5.04 Å². The van der Waals surface area contributed by atoms with Crippen molar-refractivity contribution in [1.29, 1.82) is 0 Å². The molecule has 1 rings (SSSR count). The SMILES string of the molecule is Cc1cc([Si](F)(F)C(C)(C)C)cs1. The lowest BCUT2D eigenvalue weighted by molar-refractivity contribution is 0.520. The van der Waals surface area contributed by atoms with Gasteiger partial charge in [0.1, 0.15) is 0 Å². The monoisotopic (exact) mass is 220 g/mol. The lowest BCUT2D eigenvalue weighted by atomic mass is 10.2. The van der Waals surface area contributed by atoms with Gasteiger partial charge in [-0.25, -0.2) is 0 Å². The summed E-state index contributed by atoms with van der Waals surface area (Å²) in [5.41, 5.74) is 0. The number of hydrogen-bond donors (Lipinski definition) is 0. The molecule has 0 aliphatic rings. The maximum atomic E-state index is 13.8. The number of aryl methyl sites for hydroxylation is 1. The van der Waals surface area contributed by atoms with E-state index in [1.807, 2.05) is 6.92 Å². The van der Waals surface area contributed by atoms with Crippen LogP contribution in [0, 0.1) is 6.92 Å². The molecule has 0 N–H and O–H groups in total. The Labute approximate surface area is 83.0 Å². The van der Waals surface area contributed by atoms with Crippen LogP contribution in [0.1, 0.15) is 25.6 Å². The minimum Gasteiger partial charge on any atom is -0.264 e. The van der Waals surface area contributed by atoms with Crippen LogP contribution in [-0.4, -0.2) is 8.74 Å². The summed E-state index contributed by atoms with van der Waals surface area (Å²) in [5, 5.41) is 1.01. The maximum Gasteiger partial charge on any atom is 0.461 e. The van der Waals surface area contributed by atoms with Gasteiger partial charge in [0.15, 0.2) is 0 Å². The third-order valence-corrected chi connectivity index (χ3v) is 6.00. The van der Waals surface area contributed by atoms with Crippen molar-refractivity contribution in [2.45, 2.75) is 32.7 Å². The van der Waals surface area contributed by atoms with Gasteiger partial charge in [-0.15, -0.1) is 11.3 Å². The van der Waals surface area contributed by atoms with Gasteiger partial charge in [-0.2, -0.15) is 0 Å². The Bertz CT molecular complexity index is 299. The molecule has 0 unspecified atom stereocenters. The number of rotatable bonds is 1. The van der Waals surface area contributed by atoms with Crippen LogP contribution in [0.25, 0.3) is 0 Å². The number of hydrogen-bond acceptors (Lipinski definition) is 1. The molecule has 0 nitrogen and oxygen atoms in total. The van der Waals surface area contributed by atoms with E-state index in [0.29, 0.717) is 0 Å². The first-order valence-electron chi connectivity index (χ1n) is 4.18. The van der Waals surface area contributed by atoms with Crippen LogP contribution >= 0.6 is 11.3 Å². The summed E-state index contributed by atoms with van der Waals surface area (Å²) in [7, 11) is -4.25. The summed E-state index contributed by atoms with van der Waals surface area (Å²) in [6.45, 7) is 6.71. The largest absolute Gasteiger partial charge is 0.461 e. The molecule has 0 saturated heterocycles. The van der Waals surface area contributed by atoms with Crippen LogP contribution in [0.5, 0.6) is 0 Å². The van der Waals surface area contributed by atoms with Crippen molar-refractivity contribution >= 4 is 25.3 Å². The molecular formula is C9H14F2SSi. The van der Waals surface area contributed by atoms with Gasteiger partial charge in [0, 0.05) is 15.1 Å². The molecule has 0 bridgehead atoms. The predicted molar refractivity (Wildman–Crippen MR) is 56.4 cm³/mol. The van der Waals surface area contributed by atoms with Gasteiger partial charge in [-0.3, -0.25) is 8.22 Å². The Kier molecular flexibility index (Phi) is 2.65. The lowest BCUT2D eigenvalue weighted by Gasteiger charge is -2.26. The van der Waals surface area contributed by atoms with Gasteiger partial charge in [-0.05, 0) is 18.4 Å². The van der Waals surface area contributed by atoms with E-state index in [0.717, 1.165) is 4.88 Å². The van der Waals surface area contributed by atoms with Crippen LogP contribution < -0.4 is 5.19 Å². The summed E-state index contributed by atoms with van der Waals surface area (Å²) in [5.74, 6) is 0. The van der Waals surface area contributed by atoms with E-state index in [-0.39, 0.29) is 5.19 Å². The van der Waals surface area contributed by atoms with Crippen LogP contribution in [0.3, 0.4) is 0 Å². The Hall–Kier alpha value is -0.223. The molecular weight excluding hydrogens is 206 g/mol. The molecule has 1 aromatic heterocycles. The lowest BCUT2D eigenvalue weighted by Crippen LogP contribution is -2.46. The van der Waals surface area contributed by atoms with Gasteiger partial charge < -0.3 is 0 Å². The van der Waals surface area contributed by atoms with Gasteiger partial charge in [0.05, 0.1) is 0 Å². The highest BCUT2D eigenvalue weighted by atomic mass is 32.1. The molecule has 13 heavy (non-hydrogen) atoms. The molecule has 0 spiro atoms. The van der Waals surface area contributed by atoms with E-state index in [2.05, 4.69) is 0 Å². The van der Waals surface area contributed by atoms with Crippen molar-refractivity contribution in [3.63, 3.8) is 0 Å². The van der Waals surface area contributed by atoms with E-state index in [1.165, 1.54) is 11.3 Å². The fraction of sp³-hybridized carbons (Fsp3) is 0.556. The van der Waals surface area contributed by atoms with Crippen molar-refractivity contribution in [3.05, 3.63) is 16.3 Å². The van der Waals surface area contributed by atoms with E-state index in [9.17, 15) is 8.22 Å². The maximum absolute atomic E-state index is 13.8. The summed E-state index contributed by atoms with van der Waals surface area (Å²) in [6.07, 6.45) is 0. The van der Waals surface area contributed by atoms with E-state index in [4.69, 9.17) is 0 Å². The highest BCUT2D eigenvalue weighted by Gasteiger charge is 2.50. The minimum atomic E-state index is -4.25. The molecule has 0 amide bonds. The standard InChI is InChI=1S/C9H14F2SSi/c1-7-5-8(6-12-7)13(10,11)9(2,3)4/h5-6H,1-4H3. The molecule has 0 aliphatic carbocycles. The third kappa shape index (κ3) is 1.99. The van der Waals surface area contributed by atoms with Crippen molar-refractivity contribution in [1.82, 2.24) is 0 Å². The molecule has 1 heterocycles. The molecule has 4 heteroatoms. The molecule has 0 atom stereocenters. The molecule has 0 fully saturated rings. The van der Waals surface area contributed by atoms with Crippen molar-refractivity contribution < 1.29 is 8.22 Å². The molecule has 74 valence electrons. The summed E-state index contributed by atoms with van der Waals surface area (Å²) >= 11 is 1.40. The molecule has 0 saturated carbocycles. The summed E-state index contributed by atoms with van der Waals surface area (Å²) in [4.78, 5) is 0.964. The zero-order valence-corrected chi connectivity index (χ0v) is 10.1. The first kappa shape index (κ1) is 10.9. The molecule has 0 aromatic carbocycles. The Morgan fingerprint density at radius 2 is 1.85 bits per heavy atom. The quantitative estimate of drug-likeness (QED) is 0.502. The van der Waals surface area contributed by atoms with Crippen LogP contribution in [-0.2, 0) is 0 Å². The Morgan fingerprint density at radius 1 is 1.31 bits per heavy atom. The van der Waals surface area contributed by atoms with E-state index >= 15 is 0 Å². The van der Waals surface area contributed by atoms with Crippen molar-refractivity contribution in [2.24, 2.45) is 0 Å². The fourth-order valence-electron chi connectivity index (χ4n) is 1.04. The average Bonchev–Trinajstić information content (AvgIpc) is 2.33. The first-order valence-corrected chi connectivity index (χ1v) is 6.82. The van der Waals surface area contributed by atoms with Crippen LogP contribution in [0.15, 0.2) is 11.4 Å². The number of thiophene rings is 1. The van der Waals surface area contributed by atoms with Gasteiger partial charge >= 0.3 is 8.74 Å². The topological polar surface area (TPSA) is 0 Å². The second-order valence-corrected chi connectivity index (χ2v) is 8.61. The normalized spacial score (nSPS) is 13.4. The first-order chi connectivity index (χ1) is 5.75. The zero-order valence-electron chi connectivity index (χ0n) is 8.32. The van der Waals surface area contributed by atoms with Crippen LogP contribution in [0.4, 0.5) is 8.22 Å². The van der Waals surface area contributed by atoms with E-state index in [1.54, 1.807) is 32.2 Å². The van der Waals surface area contributed by atoms with Crippen molar-refractivity contribution in [3.8, 4) is 0 Å². The smallest absolute Gasteiger partial charge is 0.264 e. The molecule has 0 aliphatic heterocycles. The average molecular weight is 220 g/mol. The second kappa shape index (κ2) is 3.17. The molecule has 0 radical (unpaired) electrons. The number of halogens is 2. The summed E-state index contributed by atoms with van der Waals surface area (Å²) in [6, 6.07) is 1.63. The molecule has 1 aromatic rings. The van der Waals surface area contributed by atoms with Gasteiger partial charge in [-0.1, -0.05) is 20.8 Å². The highest BCUT2D eigenvalue weighted by molar-refractivity contribution is 7.11. The minimum absolute atomic E-state index is 0.280. The van der Waals surface area contributed by atoms with Gasteiger partial charge in [0.25, 0.3) is 0 Å². The predicted octanol–water partition coefficient (Wildman–Crippen LogP) is 3.44. The third-order valence-electron chi connectivity index (χ3n) is 2.04. The highest BCUT2D eigenvalue weighted by Crippen LogP contribution is 2.38. The fourth-order valence-corrected chi connectivity index (χ4v) is 3.75. The van der Waals surface area contributed by atoms with E-state index < -0.39 is 13.8 Å². The second-order valence-electron chi connectivity index (χ2n) is 4.27. The Balaban J connectivity index is 3.07.